The second-order valence-corrected chi connectivity index (χ2v) is 8.49. The van der Waals surface area contributed by atoms with E-state index in [1.165, 1.54) is 17.8 Å². The molecule has 168 valence electrons. The van der Waals surface area contributed by atoms with Crippen molar-refractivity contribution in [1.29, 1.82) is 0 Å². The van der Waals surface area contributed by atoms with Crippen molar-refractivity contribution in [3.8, 4) is 5.75 Å². The van der Waals surface area contributed by atoms with E-state index in [0.29, 0.717) is 23.4 Å². The molecule has 32 heavy (non-hydrogen) atoms. The summed E-state index contributed by atoms with van der Waals surface area (Å²) < 4.78 is 21.2. The molecule has 0 unspecified atom stereocenters. The number of thioether (sulfide) groups is 1. The van der Waals surface area contributed by atoms with E-state index < -0.39 is 5.82 Å². The van der Waals surface area contributed by atoms with E-state index in [2.05, 4.69) is 35.9 Å². The maximum absolute atomic E-state index is 13.8. The Balaban J connectivity index is 1.67. The number of hydrogen-bond donors (Lipinski definition) is 1. The highest BCUT2D eigenvalue weighted by molar-refractivity contribution is 7.99. The second kappa shape index (κ2) is 10.9. The third kappa shape index (κ3) is 5.76. The van der Waals surface area contributed by atoms with Gasteiger partial charge in [0.2, 0.25) is 5.91 Å². The summed E-state index contributed by atoms with van der Waals surface area (Å²) in [6.07, 6.45) is 1.71. The SMILES string of the molecule is C=CCn1c(COc2ccccc2F)nnc1SCC(=O)Nc1c(C)cccc1C(C)C. The number of anilines is 1. The summed E-state index contributed by atoms with van der Waals surface area (Å²) in [5.41, 5.74) is 2.99. The third-order valence-corrected chi connectivity index (χ3v) is 5.79. The summed E-state index contributed by atoms with van der Waals surface area (Å²) >= 11 is 1.28. The van der Waals surface area contributed by atoms with Crippen molar-refractivity contribution in [3.63, 3.8) is 0 Å². The van der Waals surface area contributed by atoms with Gasteiger partial charge < -0.3 is 10.1 Å². The van der Waals surface area contributed by atoms with Crippen LogP contribution in [0.3, 0.4) is 0 Å². The van der Waals surface area contributed by atoms with Crippen LogP contribution < -0.4 is 10.1 Å². The van der Waals surface area contributed by atoms with Gasteiger partial charge in [0.05, 0.1) is 5.75 Å². The molecule has 1 heterocycles. The Hall–Kier alpha value is -3.13. The number of benzene rings is 2. The molecule has 3 aromatic rings. The van der Waals surface area contributed by atoms with Crippen molar-refractivity contribution in [3.05, 3.63) is 77.9 Å². The van der Waals surface area contributed by atoms with Crippen LogP contribution in [-0.4, -0.2) is 26.4 Å². The number of para-hydroxylation sites is 2. The van der Waals surface area contributed by atoms with Gasteiger partial charge in [0.25, 0.3) is 0 Å². The number of nitrogens with one attached hydrogen (secondary N) is 1. The van der Waals surface area contributed by atoms with E-state index in [1.807, 2.05) is 25.1 Å². The monoisotopic (exact) mass is 454 g/mol. The Kier molecular flexibility index (Phi) is 8.05. The zero-order valence-electron chi connectivity index (χ0n) is 18.5. The molecule has 0 bridgehead atoms. The molecule has 8 heteroatoms. The first-order chi connectivity index (χ1) is 15.4. The number of halogens is 1. The number of carbonyl (C=O) groups is 1. The van der Waals surface area contributed by atoms with E-state index in [1.54, 1.807) is 28.8 Å². The lowest BCUT2D eigenvalue weighted by molar-refractivity contribution is -0.113. The maximum Gasteiger partial charge on any atom is 0.234 e. The van der Waals surface area contributed by atoms with E-state index in [4.69, 9.17) is 4.74 Å². The zero-order valence-corrected chi connectivity index (χ0v) is 19.3. The van der Waals surface area contributed by atoms with Crippen LogP contribution in [0.15, 0.2) is 60.3 Å². The van der Waals surface area contributed by atoms with Crippen molar-refractivity contribution >= 4 is 23.4 Å². The molecule has 0 radical (unpaired) electrons. The second-order valence-electron chi connectivity index (χ2n) is 7.55. The number of hydrogen-bond acceptors (Lipinski definition) is 5. The van der Waals surface area contributed by atoms with Crippen LogP contribution >= 0.6 is 11.8 Å². The summed E-state index contributed by atoms with van der Waals surface area (Å²) in [5.74, 6) is 0.583. The average Bonchev–Trinajstić information content (AvgIpc) is 3.15. The predicted molar refractivity (Wildman–Crippen MR) is 126 cm³/mol. The molecule has 0 saturated heterocycles. The van der Waals surface area contributed by atoms with Crippen molar-refractivity contribution in [2.75, 3.05) is 11.1 Å². The van der Waals surface area contributed by atoms with Crippen molar-refractivity contribution in [1.82, 2.24) is 14.8 Å². The number of rotatable bonds is 10. The molecule has 0 atom stereocenters. The first-order valence-corrected chi connectivity index (χ1v) is 11.3. The molecule has 1 N–H and O–H groups in total. The highest BCUT2D eigenvalue weighted by atomic mass is 32.2. The van der Waals surface area contributed by atoms with Crippen molar-refractivity contribution in [2.24, 2.45) is 0 Å². The average molecular weight is 455 g/mol. The van der Waals surface area contributed by atoms with Crippen LogP contribution in [0.4, 0.5) is 10.1 Å². The number of aromatic nitrogens is 3. The molecule has 0 aliphatic rings. The molecule has 0 saturated carbocycles. The van der Waals surface area contributed by atoms with E-state index >= 15 is 0 Å². The van der Waals surface area contributed by atoms with Gasteiger partial charge >= 0.3 is 0 Å². The van der Waals surface area contributed by atoms with Gasteiger partial charge in [0.15, 0.2) is 22.5 Å². The smallest absolute Gasteiger partial charge is 0.234 e. The number of nitrogens with zero attached hydrogens (tertiary/aromatic N) is 3. The maximum atomic E-state index is 13.8. The molecule has 6 nitrogen and oxygen atoms in total. The molecule has 0 fully saturated rings. The van der Waals surface area contributed by atoms with Gasteiger partial charge in [0, 0.05) is 12.2 Å². The Bertz CT molecular complexity index is 1100. The largest absolute Gasteiger partial charge is 0.483 e. The van der Waals surface area contributed by atoms with Crippen molar-refractivity contribution < 1.29 is 13.9 Å². The summed E-state index contributed by atoms with van der Waals surface area (Å²) in [5, 5.41) is 12.0. The van der Waals surface area contributed by atoms with Crippen LogP contribution in [0.25, 0.3) is 0 Å². The van der Waals surface area contributed by atoms with Crippen LogP contribution in [-0.2, 0) is 17.9 Å². The van der Waals surface area contributed by atoms with Gasteiger partial charge in [-0.05, 0) is 36.1 Å². The normalized spacial score (nSPS) is 10.9. The molecule has 3 rings (SSSR count). The van der Waals surface area contributed by atoms with E-state index in [0.717, 1.165) is 16.8 Å². The predicted octanol–water partition coefficient (Wildman–Crippen LogP) is 5.34. The van der Waals surface area contributed by atoms with E-state index in [9.17, 15) is 9.18 Å². The Labute approximate surface area is 191 Å². The lowest BCUT2D eigenvalue weighted by Gasteiger charge is -2.16. The minimum absolute atomic E-state index is 0.0511. The van der Waals surface area contributed by atoms with E-state index in [-0.39, 0.29) is 24.0 Å². The first kappa shape index (κ1) is 23.5. The van der Waals surface area contributed by atoms with Crippen LogP contribution in [0, 0.1) is 12.7 Å². The van der Waals surface area contributed by atoms with Crippen LogP contribution in [0.2, 0.25) is 0 Å². The first-order valence-electron chi connectivity index (χ1n) is 10.3. The van der Waals surface area contributed by atoms with Gasteiger partial charge in [-0.15, -0.1) is 16.8 Å². The number of aryl methyl sites for hydroxylation is 1. The van der Waals surface area contributed by atoms with Gasteiger partial charge in [-0.2, -0.15) is 0 Å². The highest BCUT2D eigenvalue weighted by Gasteiger charge is 2.16. The highest BCUT2D eigenvalue weighted by Crippen LogP contribution is 2.28. The summed E-state index contributed by atoms with van der Waals surface area (Å²) in [4.78, 5) is 12.7. The van der Waals surface area contributed by atoms with Gasteiger partial charge in [-0.3, -0.25) is 9.36 Å². The molecule has 0 aliphatic carbocycles. The van der Waals surface area contributed by atoms with Gasteiger partial charge in [-0.1, -0.05) is 62.0 Å². The lowest BCUT2D eigenvalue weighted by atomic mass is 9.98. The molecular weight excluding hydrogens is 427 g/mol. The lowest BCUT2D eigenvalue weighted by Crippen LogP contribution is -2.17. The Morgan fingerprint density at radius 3 is 2.75 bits per heavy atom. The number of amides is 1. The fourth-order valence-corrected chi connectivity index (χ4v) is 3.96. The molecule has 1 amide bonds. The molecule has 1 aromatic heterocycles. The topological polar surface area (TPSA) is 69.0 Å². The summed E-state index contributed by atoms with van der Waals surface area (Å²) in [6.45, 7) is 10.5. The molecule has 0 spiro atoms. The van der Waals surface area contributed by atoms with Gasteiger partial charge in [-0.25, -0.2) is 4.39 Å². The number of ether oxygens (including phenoxy) is 1. The quantitative estimate of drug-likeness (QED) is 0.331. The standard InChI is InChI=1S/C24H27FN4O2S/c1-5-13-29-21(14-31-20-12-7-6-11-19(20)25)27-28-24(29)32-15-22(30)26-23-17(4)9-8-10-18(23)16(2)3/h5-12,16H,1,13-15H2,2-4H3,(H,26,30). The fourth-order valence-electron chi connectivity index (χ4n) is 3.20. The number of allylic oxidation sites excluding steroid dienone is 1. The molecule has 2 aromatic carbocycles. The van der Waals surface area contributed by atoms with Crippen LogP contribution in [0.5, 0.6) is 5.75 Å². The number of carbonyl (C=O) groups excluding carboxylic acids is 1. The molecule has 0 aliphatic heterocycles. The van der Waals surface area contributed by atoms with Gasteiger partial charge in [0.1, 0.15) is 6.61 Å². The fraction of sp³-hybridized carbons (Fsp3) is 0.292. The van der Waals surface area contributed by atoms with Crippen LogP contribution in [0.1, 0.15) is 36.7 Å². The zero-order chi connectivity index (χ0) is 23.1. The minimum Gasteiger partial charge on any atom is -0.483 e. The summed E-state index contributed by atoms with van der Waals surface area (Å²) in [7, 11) is 0. The Morgan fingerprint density at radius 1 is 1.25 bits per heavy atom. The molecular formula is C24H27FN4O2S. The summed E-state index contributed by atoms with van der Waals surface area (Å²) in [6, 6.07) is 12.2. The minimum atomic E-state index is -0.439. The Morgan fingerprint density at radius 2 is 2.03 bits per heavy atom. The third-order valence-electron chi connectivity index (χ3n) is 4.82. The van der Waals surface area contributed by atoms with Crippen molar-refractivity contribution in [2.45, 2.75) is 45.0 Å².